The Hall–Kier alpha value is -2.89. The summed E-state index contributed by atoms with van der Waals surface area (Å²) in [6, 6.07) is 12.2. The van der Waals surface area contributed by atoms with Crippen LogP contribution in [0.3, 0.4) is 0 Å². The van der Waals surface area contributed by atoms with E-state index in [1.807, 2.05) is 42.6 Å². The number of pyridine rings is 1. The molecule has 3 aromatic rings. The molecule has 0 atom stereocenters. The Morgan fingerprint density at radius 1 is 1.17 bits per heavy atom. The van der Waals surface area contributed by atoms with Gasteiger partial charge in [0.05, 0.1) is 5.41 Å². The van der Waals surface area contributed by atoms with Crippen LogP contribution in [0.4, 0.5) is 17.3 Å². The molecule has 1 saturated carbocycles. The van der Waals surface area contributed by atoms with E-state index in [2.05, 4.69) is 34.7 Å². The number of benzene rings is 1. The van der Waals surface area contributed by atoms with Crippen LogP contribution in [0.2, 0.25) is 0 Å². The number of amides is 1. The van der Waals surface area contributed by atoms with Crippen molar-refractivity contribution in [3.05, 3.63) is 47.7 Å². The van der Waals surface area contributed by atoms with Gasteiger partial charge in [-0.05, 0) is 74.8 Å². The van der Waals surface area contributed by atoms with E-state index in [-0.39, 0.29) is 5.91 Å². The molecular weight excluding hydrogens is 374 g/mol. The van der Waals surface area contributed by atoms with E-state index in [1.54, 1.807) is 0 Å². The maximum atomic E-state index is 12.2. The van der Waals surface area contributed by atoms with Crippen LogP contribution in [-0.2, 0) is 16.6 Å². The number of rotatable bonds is 4. The average molecular weight is 404 g/mol. The Labute approximate surface area is 177 Å². The normalized spacial score (nSPS) is 22.7. The predicted octanol–water partition coefficient (Wildman–Crippen LogP) is 5.07. The fraction of sp³-hybridized carbons (Fsp3) is 0.458. The average Bonchev–Trinajstić information content (AvgIpc) is 3.22. The Balaban J connectivity index is 1.37. The number of fused-ring (bicyclic) bond motifs is 2. The first-order chi connectivity index (χ1) is 14.4. The summed E-state index contributed by atoms with van der Waals surface area (Å²) in [5.41, 5.74) is 4.31. The van der Waals surface area contributed by atoms with Crippen LogP contribution in [0.15, 0.2) is 36.4 Å². The van der Waals surface area contributed by atoms with Gasteiger partial charge in [0.15, 0.2) is 5.65 Å². The lowest BCUT2D eigenvalue weighted by Crippen LogP contribution is -2.26. The topological polar surface area (TPSA) is 71.3 Å². The van der Waals surface area contributed by atoms with Crippen LogP contribution in [0, 0.1) is 11.8 Å². The zero-order valence-corrected chi connectivity index (χ0v) is 17.9. The molecule has 5 rings (SSSR count). The highest BCUT2D eigenvalue weighted by atomic mass is 16.2. The minimum atomic E-state index is -0.499. The zero-order valence-electron chi connectivity index (χ0n) is 17.9. The Morgan fingerprint density at radius 2 is 1.97 bits per heavy atom. The minimum absolute atomic E-state index is 0.0299. The minimum Gasteiger partial charge on any atom is -0.325 e. The van der Waals surface area contributed by atoms with Gasteiger partial charge in [0.2, 0.25) is 11.9 Å². The van der Waals surface area contributed by atoms with Gasteiger partial charge in [0.1, 0.15) is 0 Å². The number of aromatic nitrogens is 3. The van der Waals surface area contributed by atoms with Crippen LogP contribution in [-0.4, -0.2) is 20.5 Å². The van der Waals surface area contributed by atoms with Gasteiger partial charge in [-0.15, -0.1) is 5.10 Å². The van der Waals surface area contributed by atoms with Crippen molar-refractivity contribution in [2.45, 2.75) is 58.3 Å². The molecule has 1 aliphatic carbocycles. The van der Waals surface area contributed by atoms with Crippen molar-refractivity contribution in [3.63, 3.8) is 0 Å². The predicted molar refractivity (Wildman–Crippen MR) is 119 cm³/mol. The van der Waals surface area contributed by atoms with Crippen molar-refractivity contribution in [2.24, 2.45) is 11.8 Å². The van der Waals surface area contributed by atoms with Gasteiger partial charge in [-0.3, -0.25) is 4.79 Å². The molecule has 156 valence electrons. The van der Waals surface area contributed by atoms with Crippen molar-refractivity contribution in [3.8, 4) is 0 Å². The second-order valence-corrected chi connectivity index (χ2v) is 9.52. The number of carbonyl (C=O) groups is 1. The number of nitrogens with one attached hydrogen (secondary N) is 2. The van der Waals surface area contributed by atoms with Gasteiger partial charge in [-0.25, -0.2) is 4.52 Å². The first-order valence-electron chi connectivity index (χ1n) is 11.0. The SMILES string of the molecule is CC1CCC(Cc2cccc3nc(Nc4ccc5c(c4)NC(=O)C5(C)C)nn23)CC1. The third-order valence-corrected chi connectivity index (χ3v) is 6.84. The fourth-order valence-corrected chi connectivity index (χ4v) is 4.80. The van der Waals surface area contributed by atoms with Crippen molar-refractivity contribution >= 4 is 28.9 Å². The number of anilines is 3. The molecule has 2 N–H and O–H groups in total. The zero-order chi connectivity index (χ0) is 20.9. The second-order valence-electron chi connectivity index (χ2n) is 9.52. The van der Waals surface area contributed by atoms with E-state index in [4.69, 9.17) is 5.10 Å². The highest BCUT2D eigenvalue weighted by molar-refractivity contribution is 6.06. The third-order valence-electron chi connectivity index (χ3n) is 6.84. The van der Waals surface area contributed by atoms with Gasteiger partial charge in [-0.2, -0.15) is 4.98 Å². The summed E-state index contributed by atoms with van der Waals surface area (Å²) >= 11 is 0. The van der Waals surface area contributed by atoms with E-state index in [9.17, 15) is 4.79 Å². The molecule has 6 nitrogen and oxygen atoms in total. The lowest BCUT2D eigenvalue weighted by Gasteiger charge is -2.26. The Bertz CT molecular complexity index is 1110. The lowest BCUT2D eigenvalue weighted by molar-refractivity contribution is -0.119. The molecule has 1 aliphatic heterocycles. The Morgan fingerprint density at radius 3 is 2.77 bits per heavy atom. The van der Waals surface area contributed by atoms with Crippen molar-refractivity contribution in [1.29, 1.82) is 0 Å². The summed E-state index contributed by atoms with van der Waals surface area (Å²) in [7, 11) is 0. The molecule has 3 heterocycles. The van der Waals surface area contributed by atoms with Crippen molar-refractivity contribution in [1.82, 2.24) is 14.6 Å². The van der Waals surface area contributed by atoms with Crippen LogP contribution in [0.1, 0.15) is 57.7 Å². The molecule has 6 heteroatoms. The van der Waals surface area contributed by atoms with E-state index in [0.29, 0.717) is 5.95 Å². The van der Waals surface area contributed by atoms with Gasteiger partial charge >= 0.3 is 0 Å². The molecule has 0 saturated heterocycles. The third kappa shape index (κ3) is 3.34. The molecule has 2 aromatic heterocycles. The molecule has 30 heavy (non-hydrogen) atoms. The van der Waals surface area contributed by atoms with Gasteiger partial charge < -0.3 is 10.6 Å². The van der Waals surface area contributed by atoms with Crippen LogP contribution in [0.25, 0.3) is 5.65 Å². The van der Waals surface area contributed by atoms with Gasteiger partial charge in [0.25, 0.3) is 0 Å². The summed E-state index contributed by atoms with van der Waals surface area (Å²) in [6.07, 6.45) is 6.31. The number of hydrogen-bond donors (Lipinski definition) is 2. The molecule has 0 bridgehead atoms. The largest absolute Gasteiger partial charge is 0.325 e. The van der Waals surface area contributed by atoms with Crippen molar-refractivity contribution in [2.75, 3.05) is 10.6 Å². The smallest absolute Gasteiger partial charge is 0.247 e. The van der Waals surface area contributed by atoms with Crippen LogP contribution >= 0.6 is 0 Å². The Kier molecular flexibility index (Phi) is 4.53. The van der Waals surface area contributed by atoms with E-state index in [0.717, 1.165) is 40.8 Å². The summed E-state index contributed by atoms with van der Waals surface area (Å²) in [5, 5.41) is 11.0. The summed E-state index contributed by atoms with van der Waals surface area (Å²) in [5.74, 6) is 2.20. The van der Waals surface area contributed by atoms with Crippen LogP contribution in [0.5, 0.6) is 0 Å². The molecule has 0 spiro atoms. The number of carbonyl (C=O) groups excluding carboxylic acids is 1. The molecule has 2 aliphatic rings. The standard InChI is InChI=1S/C24H29N5O/c1-15-7-9-16(10-8-15)13-18-5-4-6-21-27-23(28-29(18)21)25-17-11-12-19-20(14-17)26-22(30)24(19,2)3/h4-6,11-12,14-16H,7-10,13H2,1-3H3,(H,25,28)(H,26,30). The maximum absolute atomic E-state index is 12.2. The summed E-state index contributed by atoms with van der Waals surface area (Å²) in [4.78, 5) is 16.9. The van der Waals surface area contributed by atoms with Gasteiger partial charge in [0, 0.05) is 17.1 Å². The summed E-state index contributed by atoms with van der Waals surface area (Å²) in [6.45, 7) is 6.25. The van der Waals surface area contributed by atoms with Crippen molar-refractivity contribution < 1.29 is 4.79 Å². The number of hydrogen-bond acceptors (Lipinski definition) is 4. The molecule has 0 radical (unpaired) electrons. The second kappa shape index (κ2) is 7.11. The van der Waals surface area contributed by atoms with E-state index >= 15 is 0 Å². The van der Waals surface area contributed by atoms with Gasteiger partial charge in [-0.1, -0.05) is 31.9 Å². The fourth-order valence-electron chi connectivity index (χ4n) is 4.80. The summed E-state index contributed by atoms with van der Waals surface area (Å²) < 4.78 is 1.97. The highest BCUT2D eigenvalue weighted by Gasteiger charge is 2.38. The molecule has 1 amide bonds. The monoisotopic (exact) mass is 403 g/mol. The van der Waals surface area contributed by atoms with Crippen LogP contribution < -0.4 is 10.6 Å². The molecule has 1 aromatic carbocycles. The quantitative estimate of drug-likeness (QED) is 0.638. The molecular formula is C24H29N5O. The molecule has 1 fully saturated rings. The van der Waals surface area contributed by atoms with E-state index < -0.39 is 5.41 Å². The highest BCUT2D eigenvalue weighted by Crippen LogP contribution is 2.39. The first kappa shape index (κ1) is 19.1. The lowest BCUT2D eigenvalue weighted by atomic mass is 9.81. The number of nitrogens with zero attached hydrogens (tertiary/aromatic N) is 3. The first-order valence-corrected chi connectivity index (χ1v) is 11.0. The molecule has 0 unspecified atom stereocenters. The maximum Gasteiger partial charge on any atom is 0.247 e. The van der Waals surface area contributed by atoms with E-state index in [1.165, 1.54) is 31.4 Å².